The van der Waals surface area contributed by atoms with Gasteiger partial charge >= 0.3 is 5.69 Å². The number of hydrogen-bond donors (Lipinski definition) is 1. The van der Waals surface area contributed by atoms with Crippen molar-refractivity contribution < 1.29 is 13.6 Å². The van der Waals surface area contributed by atoms with E-state index in [-0.39, 0.29) is 33.8 Å². The smallest absolute Gasteiger partial charge is 0.302 e. The van der Waals surface area contributed by atoms with E-state index in [1.54, 1.807) is 0 Å². The molecule has 1 aromatic carbocycles. The highest BCUT2D eigenvalue weighted by molar-refractivity contribution is 7.14. The number of carbonyl (C=O) groups excluding carboxylic acids is 1. The van der Waals surface area contributed by atoms with Crippen molar-refractivity contribution >= 4 is 33.4 Å². The van der Waals surface area contributed by atoms with Crippen LogP contribution >= 0.6 is 11.3 Å². The van der Waals surface area contributed by atoms with Crippen LogP contribution in [0.3, 0.4) is 0 Å². The molecule has 1 N–H and O–H groups in total. The normalized spacial score (nSPS) is 11.1. The fourth-order valence-corrected chi connectivity index (χ4v) is 3.80. The second-order valence-electron chi connectivity index (χ2n) is 6.66. The van der Waals surface area contributed by atoms with Crippen LogP contribution in [-0.2, 0) is 25.3 Å². The number of aryl methyl sites for hydroxylation is 1. The van der Waals surface area contributed by atoms with Crippen molar-refractivity contribution in [1.82, 2.24) is 24.3 Å². The summed E-state index contributed by atoms with van der Waals surface area (Å²) >= 11 is 1.07. The number of nitrogens with zero attached hydrogens (tertiary/aromatic N) is 5. The fourth-order valence-electron chi connectivity index (χ4n) is 3.07. The number of aromatic nitrogens is 5. The van der Waals surface area contributed by atoms with Gasteiger partial charge in [0.2, 0.25) is 5.91 Å². The topological polar surface area (TPSA) is 112 Å². The molecule has 1 amide bonds. The average Bonchev–Trinajstić information content (AvgIpc) is 3.18. The van der Waals surface area contributed by atoms with E-state index < -0.39 is 28.8 Å². The van der Waals surface area contributed by atoms with E-state index in [9.17, 15) is 23.2 Å². The number of carbonyl (C=O) groups is 1. The minimum atomic E-state index is -0.765. The van der Waals surface area contributed by atoms with Gasteiger partial charge in [0, 0.05) is 31.1 Å². The molecule has 0 aliphatic rings. The maximum absolute atomic E-state index is 13.9. The van der Waals surface area contributed by atoms with Gasteiger partial charge in [-0.3, -0.25) is 18.7 Å². The first kappa shape index (κ1) is 20.5. The van der Waals surface area contributed by atoms with E-state index in [4.69, 9.17) is 0 Å². The van der Waals surface area contributed by atoms with Gasteiger partial charge in [-0.05, 0) is 17.7 Å². The first-order chi connectivity index (χ1) is 14.8. The summed E-state index contributed by atoms with van der Waals surface area (Å²) in [5.74, 6) is -1.96. The lowest BCUT2D eigenvalue weighted by molar-refractivity contribution is -0.115. The van der Waals surface area contributed by atoms with Crippen molar-refractivity contribution in [2.24, 2.45) is 14.1 Å². The number of halogens is 2. The highest BCUT2D eigenvalue weighted by atomic mass is 32.1. The first-order valence-corrected chi connectivity index (χ1v) is 9.75. The molecule has 0 saturated carbocycles. The quantitative estimate of drug-likeness (QED) is 0.512. The lowest BCUT2D eigenvalue weighted by atomic mass is 10.1. The first-order valence-electron chi connectivity index (χ1n) is 8.87. The minimum Gasteiger partial charge on any atom is -0.302 e. The Morgan fingerprint density at radius 2 is 1.97 bits per heavy atom. The predicted octanol–water partition coefficient (Wildman–Crippen LogP) is 1.61. The average molecular weight is 444 g/mol. The Labute approximate surface area is 176 Å². The summed E-state index contributed by atoms with van der Waals surface area (Å²) in [5.41, 5.74) is -0.428. The van der Waals surface area contributed by atoms with Crippen molar-refractivity contribution in [3.8, 4) is 11.3 Å². The van der Waals surface area contributed by atoms with Crippen molar-refractivity contribution in [3.63, 3.8) is 0 Å². The molecule has 12 heteroatoms. The summed E-state index contributed by atoms with van der Waals surface area (Å²) in [6.07, 6.45) is 1.06. The summed E-state index contributed by atoms with van der Waals surface area (Å²) in [4.78, 5) is 41.3. The molecule has 0 fully saturated rings. The van der Waals surface area contributed by atoms with Crippen LogP contribution in [0.15, 0.2) is 39.4 Å². The second kappa shape index (κ2) is 7.80. The van der Waals surface area contributed by atoms with Gasteiger partial charge < -0.3 is 5.32 Å². The Hall–Kier alpha value is -3.80. The van der Waals surface area contributed by atoms with E-state index in [0.29, 0.717) is 5.56 Å². The van der Waals surface area contributed by atoms with Crippen molar-refractivity contribution in [1.29, 1.82) is 0 Å². The molecule has 9 nitrogen and oxygen atoms in total. The zero-order chi connectivity index (χ0) is 22.3. The van der Waals surface area contributed by atoms with Gasteiger partial charge in [0.1, 0.15) is 11.6 Å². The summed E-state index contributed by atoms with van der Waals surface area (Å²) in [6, 6.07) is 3.13. The van der Waals surface area contributed by atoms with Gasteiger partial charge in [0.25, 0.3) is 5.56 Å². The molecule has 0 unspecified atom stereocenters. The van der Waals surface area contributed by atoms with E-state index in [1.165, 1.54) is 36.3 Å². The molecule has 3 heterocycles. The lowest BCUT2D eigenvalue weighted by Gasteiger charge is -2.09. The maximum atomic E-state index is 13.9. The predicted molar refractivity (Wildman–Crippen MR) is 110 cm³/mol. The summed E-state index contributed by atoms with van der Waals surface area (Å²) in [5, 5.41) is 12.1. The molecule has 0 aliphatic heterocycles. The van der Waals surface area contributed by atoms with E-state index in [0.717, 1.165) is 28.0 Å². The van der Waals surface area contributed by atoms with Gasteiger partial charge in [-0.1, -0.05) is 0 Å². The van der Waals surface area contributed by atoms with Crippen LogP contribution in [0.1, 0.15) is 5.56 Å². The third kappa shape index (κ3) is 3.72. The van der Waals surface area contributed by atoms with Crippen molar-refractivity contribution in [2.45, 2.75) is 6.42 Å². The molecule has 0 aliphatic carbocycles. The molecule has 0 spiro atoms. The van der Waals surface area contributed by atoms with Gasteiger partial charge in [-0.25, -0.2) is 18.6 Å². The number of benzene rings is 1. The Balaban J connectivity index is 1.61. The molecule has 31 heavy (non-hydrogen) atoms. The number of fused-ring (bicyclic) bond motifs is 1. The molecular weight excluding hydrogens is 430 g/mol. The highest BCUT2D eigenvalue weighted by Crippen LogP contribution is 2.27. The molecule has 4 rings (SSSR count). The van der Waals surface area contributed by atoms with Crippen molar-refractivity contribution in [2.75, 3.05) is 5.32 Å². The summed E-state index contributed by atoms with van der Waals surface area (Å²) in [6.45, 7) is 0. The lowest BCUT2D eigenvalue weighted by Crippen LogP contribution is -2.38. The van der Waals surface area contributed by atoms with Crippen LogP contribution in [0.5, 0.6) is 0 Å². The molecule has 0 saturated heterocycles. The number of hydrogen-bond acceptors (Lipinski definition) is 7. The Morgan fingerprint density at radius 1 is 1.19 bits per heavy atom. The van der Waals surface area contributed by atoms with Crippen LogP contribution in [0, 0.1) is 11.6 Å². The zero-order valence-corrected chi connectivity index (χ0v) is 17.0. The van der Waals surface area contributed by atoms with Crippen LogP contribution < -0.4 is 16.6 Å². The third-order valence-electron chi connectivity index (χ3n) is 4.63. The largest absolute Gasteiger partial charge is 0.332 e. The molecule has 0 bridgehead atoms. The molecule has 4 aromatic rings. The molecule has 0 radical (unpaired) electrons. The van der Waals surface area contributed by atoms with Gasteiger partial charge in [0.05, 0.1) is 23.7 Å². The molecule has 0 atom stereocenters. The van der Waals surface area contributed by atoms with Crippen molar-refractivity contribution in [3.05, 3.63) is 67.8 Å². The summed E-state index contributed by atoms with van der Waals surface area (Å²) < 4.78 is 29.1. The van der Waals surface area contributed by atoms with E-state index in [2.05, 4.69) is 20.5 Å². The number of rotatable bonds is 4. The number of anilines is 1. The SMILES string of the molecule is Cn1c(=O)c2c(CC(=O)Nc3nc(-c4ccc(F)cc4F)cs3)cnnc2n(C)c1=O. The Kier molecular flexibility index (Phi) is 5.15. The number of thiazole rings is 1. The standard InChI is InChI=1S/C19H14F2N6O3S/c1-26-16-15(17(29)27(2)19(26)30)9(7-22-25-16)5-14(28)24-18-23-13(8-31-18)11-4-3-10(20)6-12(11)21/h3-4,6-8H,5H2,1-2H3,(H,23,24,28). The third-order valence-corrected chi connectivity index (χ3v) is 5.39. The molecular formula is C19H14F2N6O3S. The van der Waals surface area contributed by atoms with Gasteiger partial charge in [-0.15, -0.1) is 16.4 Å². The Bertz CT molecular complexity index is 1460. The second-order valence-corrected chi connectivity index (χ2v) is 7.52. The van der Waals surface area contributed by atoms with Gasteiger partial charge in [-0.2, -0.15) is 5.10 Å². The van der Waals surface area contributed by atoms with E-state index in [1.807, 2.05) is 0 Å². The maximum Gasteiger partial charge on any atom is 0.332 e. The van der Waals surface area contributed by atoms with Crippen LogP contribution in [-0.4, -0.2) is 30.2 Å². The fraction of sp³-hybridized carbons (Fsp3) is 0.158. The highest BCUT2D eigenvalue weighted by Gasteiger charge is 2.17. The summed E-state index contributed by atoms with van der Waals surface area (Å²) in [7, 11) is 2.79. The van der Waals surface area contributed by atoms with Crippen LogP contribution in [0.4, 0.5) is 13.9 Å². The number of nitrogens with one attached hydrogen (secondary N) is 1. The molecule has 3 aromatic heterocycles. The molecule has 158 valence electrons. The number of amides is 1. The van der Waals surface area contributed by atoms with Crippen LogP contribution in [0.25, 0.3) is 22.3 Å². The van der Waals surface area contributed by atoms with Crippen LogP contribution in [0.2, 0.25) is 0 Å². The minimum absolute atomic E-state index is 0.0710. The van der Waals surface area contributed by atoms with E-state index >= 15 is 0 Å². The monoisotopic (exact) mass is 444 g/mol. The Morgan fingerprint density at radius 3 is 2.71 bits per heavy atom. The zero-order valence-electron chi connectivity index (χ0n) is 16.2. The van der Waals surface area contributed by atoms with Gasteiger partial charge in [0.15, 0.2) is 10.8 Å².